The van der Waals surface area contributed by atoms with Crippen molar-refractivity contribution in [3.05, 3.63) is 53.7 Å². The third kappa shape index (κ3) is 8.50. The fraction of sp³-hybridized carbons (Fsp3) is 0.381. The molecule has 1 heterocycles. The van der Waals surface area contributed by atoms with Gasteiger partial charge in [-0.2, -0.15) is 0 Å². The molecule has 0 radical (unpaired) electrons. The molecule has 0 bridgehead atoms. The zero-order valence-electron chi connectivity index (χ0n) is 16.9. The lowest BCUT2D eigenvalue weighted by molar-refractivity contribution is -0.109. The van der Waals surface area contributed by atoms with Crippen molar-refractivity contribution in [2.45, 2.75) is 51.9 Å². The zero-order chi connectivity index (χ0) is 21.3. The lowest BCUT2D eigenvalue weighted by atomic mass is 10.1. The van der Waals surface area contributed by atoms with E-state index < -0.39 is 23.8 Å². The highest BCUT2D eigenvalue weighted by Gasteiger charge is 2.17. The van der Waals surface area contributed by atoms with Gasteiger partial charge in [-0.1, -0.05) is 30.3 Å². The summed E-state index contributed by atoms with van der Waals surface area (Å²) in [5.41, 5.74) is 1.08. The molecule has 0 aliphatic rings. The molecular formula is C21H27N3O5. The van der Waals surface area contributed by atoms with Crippen LogP contribution in [0.15, 0.2) is 42.5 Å². The topological polar surface area (TPSA) is 110 Å². The first-order valence-corrected chi connectivity index (χ1v) is 9.35. The van der Waals surface area contributed by atoms with E-state index in [9.17, 15) is 14.4 Å². The largest absolute Gasteiger partial charge is 0.445 e. The number of anilines is 1. The molecule has 0 fully saturated rings. The second kappa shape index (κ2) is 10.3. The van der Waals surface area contributed by atoms with Gasteiger partial charge in [-0.3, -0.25) is 5.32 Å². The number of hydrogen-bond donors (Lipinski definition) is 3. The van der Waals surface area contributed by atoms with Crippen LogP contribution in [-0.2, 0) is 27.3 Å². The number of aromatic nitrogens is 1. The van der Waals surface area contributed by atoms with E-state index in [4.69, 9.17) is 9.47 Å². The lowest BCUT2D eigenvalue weighted by Crippen LogP contribution is -2.36. The molecule has 1 aromatic carbocycles. The highest BCUT2D eigenvalue weighted by atomic mass is 16.6. The maximum atomic E-state index is 11.9. The predicted octanol–water partition coefficient (Wildman–Crippen LogP) is 3.79. The molecule has 8 nitrogen and oxygen atoms in total. The first-order chi connectivity index (χ1) is 13.7. The summed E-state index contributed by atoms with van der Waals surface area (Å²) in [6.45, 7) is 5.48. The Hall–Kier alpha value is -3.29. The van der Waals surface area contributed by atoms with Crippen LogP contribution in [0.4, 0.5) is 15.4 Å². The summed E-state index contributed by atoms with van der Waals surface area (Å²) in [6.07, 6.45) is 0.352. The summed E-state index contributed by atoms with van der Waals surface area (Å²) in [7, 11) is 0. The highest BCUT2D eigenvalue weighted by molar-refractivity contribution is 5.83. The molecule has 1 atom stereocenters. The fourth-order valence-corrected chi connectivity index (χ4v) is 2.47. The average molecular weight is 401 g/mol. The van der Waals surface area contributed by atoms with Gasteiger partial charge in [0.15, 0.2) is 0 Å². The number of benzene rings is 1. The summed E-state index contributed by atoms with van der Waals surface area (Å²) in [5, 5.41) is 5.15. The van der Waals surface area contributed by atoms with Gasteiger partial charge < -0.3 is 24.6 Å². The summed E-state index contributed by atoms with van der Waals surface area (Å²) in [6, 6.07) is 12.1. The van der Waals surface area contributed by atoms with E-state index in [1.165, 1.54) is 0 Å². The first kappa shape index (κ1) is 22.0. The molecular weight excluding hydrogens is 374 g/mol. The predicted molar refractivity (Wildman–Crippen MR) is 109 cm³/mol. The lowest BCUT2D eigenvalue weighted by Gasteiger charge is -2.19. The summed E-state index contributed by atoms with van der Waals surface area (Å²) in [4.78, 5) is 38.0. The first-order valence-electron chi connectivity index (χ1n) is 9.35. The van der Waals surface area contributed by atoms with Crippen LogP contribution in [0.25, 0.3) is 0 Å². The van der Waals surface area contributed by atoms with E-state index in [2.05, 4.69) is 15.6 Å². The number of aldehydes is 1. The van der Waals surface area contributed by atoms with Gasteiger partial charge in [-0.15, -0.1) is 0 Å². The van der Waals surface area contributed by atoms with E-state index in [0.717, 1.165) is 11.3 Å². The number of aromatic amines is 1. The Morgan fingerprint density at radius 1 is 1.10 bits per heavy atom. The number of amides is 2. The van der Waals surface area contributed by atoms with Crippen molar-refractivity contribution in [3.8, 4) is 0 Å². The number of carbonyl (C=O) groups is 3. The SMILES string of the molecule is CC(C)(C)OC(=O)Nc1ccc(CC[C@@H](C=O)NC(=O)OCc2ccccc2)[nH]1. The Morgan fingerprint density at radius 2 is 1.83 bits per heavy atom. The maximum Gasteiger partial charge on any atom is 0.413 e. The van der Waals surface area contributed by atoms with Gasteiger partial charge >= 0.3 is 12.2 Å². The van der Waals surface area contributed by atoms with Crippen molar-refractivity contribution >= 4 is 24.3 Å². The van der Waals surface area contributed by atoms with Crippen LogP contribution < -0.4 is 10.6 Å². The van der Waals surface area contributed by atoms with E-state index >= 15 is 0 Å². The third-order valence-corrected chi connectivity index (χ3v) is 3.79. The van der Waals surface area contributed by atoms with Gasteiger partial charge in [-0.25, -0.2) is 9.59 Å². The van der Waals surface area contributed by atoms with Crippen molar-refractivity contribution in [2.24, 2.45) is 0 Å². The van der Waals surface area contributed by atoms with Crippen LogP contribution in [0, 0.1) is 0 Å². The highest BCUT2D eigenvalue weighted by Crippen LogP contribution is 2.13. The van der Waals surface area contributed by atoms with E-state index in [0.29, 0.717) is 24.9 Å². The minimum Gasteiger partial charge on any atom is -0.445 e. The van der Waals surface area contributed by atoms with Crippen molar-refractivity contribution in [1.29, 1.82) is 0 Å². The minimum absolute atomic E-state index is 0.134. The van der Waals surface area contributed by atoms with Crippen LogP contribution in [0.5, 0.6) is 0 Å². The minimum atomic E-state index is -0.677. The smallest absolute Gasteiger partial charge is 0.413 e. The van der Waals surface area contributed by atoms with Crippen LogP contribution >= 0.6 is 0 Å². The molecule has 2 aromatic rings. The van der Waals surface area contributed by atoms with Crippen LogP contribution in [-0.4, -0.2) is 35.1 Å². The number of alkyl carbamates (subject to hydrolysis) is 1. The Morgan fingerprint density at radius 3 is 2.48 bits per heavy atom. The summed E-state index contributed by atoms with van der Waals surface area (Å²) in [5.74, 6) is 0.493. The van der Waals surface area contributed by atoms with Crippen molar-refractivity contribution in [3.63, 3.8) is 0 Å². The van der Waals surface area contributed by atoms with Gasteiger partial charge in [0.25, 0.3) is 0 Å². The molecule has 3 N–H and O–H groups in total. The quantitative estimate of drug-likeness (QED) is 0.583. The Kier molecular flexibility index (Phi) is 7.82. The van der Waals surface area contributed by atoms with E-state index in [-0.39, 0.29) is 6.61 Å². The molecule has 8 heteroatoms. The van der Waals surface area contributed by atoms with Gasteiger partial charge in [0.05, 0.1) is 6.04 Å². The number of rotatable bonds is 8. The molecule has 2 amide bonds. The molecule has 0 aliphatic heterocycles. The number of ether oxygens (including phenoxy) is 2. The molecule has 2 rings (SSSR count). The molecule has 0 unspecified atom stereocenters. The molecule has 0 spiro atoms. The van der Waals surface area contributed by atoms with Gasteiger partial charge in [0.1, 0.15) is 24.3 Å². The summed E-state index contributed by atoms with van der Waals surface area (Å²) >= 11 is 0. The third-order valence-electron chi connectivity index (χ3n) is 3.79. The molecule has 0 saturated carbocycles. The van der Waals surface area contributed by atoms with E-state index in [1.807, 2.05) is 30.3 Å². The number of nitrogens with one attached hydrogen (secondary N) is 3. The molecule has 0 saturated heterocycles. The number of hydrogen-bond acceptors (Lipinski definition) is 5. The van der Waals surface area contributed by atoms with Crippen LogP contribution in [0.2, 0.25) is 0 Å². The summed E-state index contributed by atoms with van der Waals surface area (Å²) < 4.78 is 10.3. The van der Waals surface area contributed by atoms with Gasteiger partial charge in [0.2, 0.25) is 0 Å². The van der Waals surface area contributed by atoms with Gasteiger partial charge in [0, 0.05) is 5.69 Å². The Labute approximate surface area is 170 Å². The zero-order valence-corrected chi connectivity index (χ0v) is 16.9. The molecule has 156 valence electrons. The maximum absolute atomic E-state index is 11.9. The second-order valence-electron chi connectivity index (χ2n) is 7.51. The molecule has 0 aliphatic carbocycles. The van der Waals surface area contributed by atoms with Crippen molar-refractivity contribution in [1.82, 2.24) is 10.3 Å². The normalized spacial score (nSPS) is 12.0. The van der Waals surface area contributed by atoms with Crippen molar-refractivity contribution < 1.29 is 23.9 Å². The fourth-order valence-electron chi connectivity index (χ4n) is 2.47. The van der Waals surface area contributed by atoms with Gasteiger partial charge in [-0.05, 0) is 51.3 Å². The van der Waals surface area contributed by atoms with Crippen LogP contribution in [0.1, 0.15) is 38.4 Å². The Balaban J connectivity index is 1.76. The number of carbonyl (C=O) groups excluding carboxylic acids is 3. The van der Waals surface area contributed by atoms with Crippen LogP contribution in [0.3, 0.4) is 0 Å². The van der Waals surface area contributed by atoms with Crippen molar-refractivity contribution in [2.75, 3.05) is 5.32 Å². The molecule has 29 heavy (non-hydrogen) atoms. The standard InChI is InChI=1S/C21H27N3O5/c1-21(2,3)29-20(27)24-18-12-11-16(22-18)9-10-17(13-25)23-19(26)28-14-15-7-5-4-6-8-15/h4-8,11-13,17,22H,9-10,14H2,1-3H3,(H,23,26)(H,24,27)/t17-/m0/s1. The number of H-pyrrole nitrogens is 1. The number of aryl methyl sites for hydroxylation is 1. The average Bonchev–Trinajstić information content (AvgIpc) is 3.09. The monoisotopic (exact) mass is 401 g/mol. The Bertz CT molecular complexity index is 811. The second-order valence-corrected chi connectivity index (χ2v) is 7.51. The van der Waals surface area contributed by atoms with E-state index in [1.54, 1.807) is 32.9 Å². The molecule has 1 aromatic heterocycles.